The number of hydrogen-bond acceptors (Lipinski definition) is 4. The first-order chi connectivity index (χ1) is 6.65. The Morgan fingerprint density at radius 3 is 2.50 bits per heavy atom. The Hall–Kier alpha value is -1.55. The monoisotopic (exact) mass is 214 g/mol. The fraction of sp³-hybridized carbons (Fsp3) is 0.111. The van der Waals surface area contributed by atoms with Gasteiger partial charge in [-0.2, -0.15) is 0 Å². The molecule has 0 fully saturated rings. The van der Waals surface area contributed by atoms with Crippen molar-refractivity contribution in [3.63, 3.8) is 0 Å². The van der Waals surface area contributed by atoms with Crippen LogP contribution < -0.4 is 4.74 Å². The van der Waals surface area contributed by atoms with Crippen LogP contribution in [-0.2, 0) is 4.74 Å². The fourth-order valence-electron chi connectivity index (χ4n) is 0.849. The van der Waals surface area contributed by atoms with E-state index in [1.54, 1.807) is 12.1 Å². The molecule has 0 saturated carbocycles. The summed E-state index contributed by atoms with van der Waals surface area (Å²) in [5.74, 6) is 0.0827. The van der Waals surface area contributed by atoms with E-state index in [-0.39, 0.29) is 11.3 Å². The lowest BCUT2D eigenvalue weighted by Crippen LogP contribution is -2.09. The second-order valence-corrected chi connectivity index (χ2v) is 2.67. The van der Waals surface area contributed by atoms with Gasteiger partial charge in [0.15, 0.2) is 0 Å². The van der Waals surface area contributed by atoms with Crippen LogP contribution in [0, 0.1) is 0 Å². The second kappa shape index (κ2) is 4.62. The highest BCUT2D eigenvalue weighted by Gasteiger charge is 2.12. The zero-order chi connectivity index (χ0) is 10.6. The molecule has 0 heterocycles. The third-order valence-electron chi connectivity index (χ3n) is 1.46. The Kier molecular flexibility index (Phi) is 3.48. The molecule has 0 radical (unpaired) electrons. The molecule has 0 spiro atoms. The van der Waals surface area contributed by atoms with Crippen molar-refractivity contribution in [2.45, 2.75) is 0 Å². The van der Waals surface area contributed by atoms with Gasteiger partial charge in [-0.15, -0.1) is 0 Å². The minimum atomic E-state index is -0.893. The van der Waals surface area contributed by atoms with Gasteiger partial charge in [-0.1, -0.05) is 12.1 Å². The second-order valence-electron chi connectivity index (χ2n) is 2.33. The summed E-state index contributed by atoms with van der Waals surface area (Å²) in [5.41, 5.74) is 0.125. The lowest BCUT2D eigenvalue weighted by Gasteiger charge is -2.04. The van der Waals surface area contributed by atoms with Gasteiger partial charge in [0.25, 0.3) is 5.24 Å². The van der Waals surface area contributed by atoms with E-state index in [1.165, 1.54) is 19.2 Å². The van der Waals surface area contributed by atoms with Crippen LogP contribution in [0.15, 0.2) is 24.3 Å². The molecule has 1 aromatic carbocycles. The maximum absolute atomic E-state index is 10.9. The average molecular weight is 215 g/mol. The Morgan fingerprint density at radius 1 is 1.29 bits per heavy atom. The number of halogens is 1. The fourth-order valence-corrected chi connectivity index (χ4v) is 1.01. The number of benzene rings is 1. The molecule has 0 aliphatic heterocycles. The van der Waals surface area contributed by atoms with E-state index in [0.717, 1.165) is 0 Å². The maximum Gasteiger partial charge on any atom is 0.513 e. The van der Waals surface area contributed by atoms with E-state index in [4.69, 9.17) is 11.6 Å². The Morgan fingerprint density at radius 2 is 1.93 bits per heavy atom. The minimum absolute atomic E-state index is 0.0827. The zero-order valence-corrected chi connectivity index (χ0v) is 8.08. The van der Waals surface area contributed by atoms with Crippen molar-refractivity contribution in [2.75, 3.05) is 7.11 Å². The summed E-state index contributed by atoms with van der Waals surface area (Å²) in [6.07, 6.45) is -0.893. The van der Waals surface area contributed by atoms with E-state index in [1.807, 2.05) is 0 Å². The molecule has 0 aliphatic rings. The molecule has 0 atom stereocenters. The summed E-state index contributed by atoms with van der Waals surface area (Å²) in [6.45, 7) is 0. The summed E-state index contributed by atoms with van der Waals surface area (Å²) >= 11 is 5.26. The van der Waals surface area contributed by atoms with E-state index in [9.17, 15) is 9.59 Å². The molecule has 74 valence electrons. The highest BCUT2D eigenvalue weighted by atomic mass is 35.5. The van der Waals surface area contributed by atoms with Crippen LogP contribution in [0.3, 0.4) is 0 Å². The molecule has 5 heteroatoms. The normalized spacial score (nSPS) is 9.29. The van der Waals surface area contributed by atoms with E-state index in [2.05, 4.69) is 9.47 Å². The number of carbonyl (C=O) groups is 2. The highest BCUT2D eigenvalue weighted by Crippen LogP contribution is 2.20. The molecule has 1 aromatic rings. The zero-order valence-electron chi connectivity index (χ0n) is 7.32. The molecule has 4 nitrogen and oxygen atoms in total. The van der Waals surface area contributed by atoms with Crippen LogP contribution in [0.5, 0.6) is 5.75 Å². The molecule has 1 rings (SSSR count). The van der Waals surface area contributed by atoms with Gasteiger partial charge in [0, 0.05) is 0 Å². The van der Waals surface area contributed by atoms with Gasteiger partial charge in [0.2, 0.25) is 0 Å². The standard InChI is InChI=1S/C9H7ClO4/c1-13-9(12)14-7-5-3-2-4-6(7)8(10)11/h2-5H,1H3. The number of hydrogen-bond donors (Lipinski definition) is 0. The van der Waals surface area contributed by atoms with Crippen LogP contribution in [0.4, 0.5) is 4.79 Å². The molecule has 0 N–H and O–H groups in total. The molecule has 0 unspecified atom stereocenters. The van der Waals surface area contributed by atoms with Crippen LogP contribution in [0.2, 0.25) is 0 Å². The number of methoxy groups -OCH3 is 1. The van der Waals surface area contributed by atoms with Gasteiger partial charge < -0.3 is 9.47 Å². The van der Waals surface area contributed by atoms with Crippen molar-refractivity contribution in [1.29, 1.82) is 0 Å². The number of carbonyl (C=O) groups excluding carboxylic acids is 2. The summed E-state index contributed by atoms with van der Waals surface area (Å²) in [5, 5.41) is -0.690. The first-order valence-corrected chi connectivity index (χ1v) is 4.07. The van der Waals surface area contributed by atoms with Crippen LogP contribution >= 0.6 is 11.6 Å². The number of ether oxygens (including phenoxy) is 2. The van der Waals surface area contributed by atoms with Gasteiger partial charge in [-0.05, 0) is 23.7 Å². The van der Waals surface area contributed by atoms with Gasteiger partial charge in [-0.3, -0.25) is 4.79 Å². The van der Waals surface area contributed by atoms with E-state index >= 15 is 0 Å². The molecule has 0 aromatic heterocycles. The Bertz CT molecular complexity index is 362. The van der Waals surface area contributed by atoms with Crippen LogP contribution in [-0.4, -0.2) is 18.5 Å². The molecular weight excluding hydrogens is 208 g/mol. The van der Waals surface area contributed by atoms with Crippen molar-refractivity contribution >= 4 is 23.0 Å². The van der Waals surface area contributed by atoms with Crippen molar-refractivity contribution in [2.24, 2.45) is 0 Å². The minimum Gasteiger partial charge on any atom is -0.437 e. The van der Waals surface area contributed by atoms with Crippen molar-refractivity contribution in [3.05, 3.63) is 29.8 Å². The number of rotatable bonds is 2. The Labute approximate surface area is 85.4 Å². The highest BCUT2D eigenvalue weighted by molar-refractivity contribution is 6.68. The number of para-hydroxylation sites is 1. The summed E-state index contributed by atoms with van der Waals surface area (Å²) in [6, 6.07) is 6.13. The van der Waals surface area contributed by atoms with Gasteiger partial charge in [0.05, 0.1) is 12.7 Å². The smallest absolute Gasteiger partial charge is 0.437 e. The van der Waals surface area contributed by atoms with Crippen molar-refractivity contribution in [3.8, 4) is 5.75 Å². The van der Waals surface area contributed by atoms with Crippen molar-refractivity contribution in [1.82, 2.24) is 0 Å². The predicted molar refractivity (Wildman–Crippen MR) is 49.7 cm³/mol. The molecule has 0 amide bonds. The molecule has 0 saturated heterocycles. The first-order valence-electron chi connectivity index (χ1n) is 3.70. The topological polar surface area (TPSA) is 52.6 Å². The summed E-state index contributed by atoms with van der Waals surface area (Å²) < 4.78 is 8.96. The Balaban J connectivity index is 2.95. The van der Waals surface area contributed by atoms with Crippen LogP contribution in [0.1, 0.15) is 10.4 Å². The third kappa shape index (κ3) is 2.47. The molecule has 14 heavy (non-hydrogen) atoms. The lowest BCUT2D eigenvalue weighted by atomic mass is 10.2. The quantitative estimate of drug-likeness (QED) is 0.430. The van der Waals surface area contributed by atoms with Crippen molar-refractivity contribution < 1.29 is 19.1 Å². The molecule has 0 bridgehead atoms. The van der Waals surface area contributed by atoms with Crippen LogP contribution in [0.25, 0.3) is 0 Å². The SMILES string of the molecule is COC(=O)Oc1ccccc1C(=O)Cl. The first kappa shape index (κ1) is 10.5. The van der Waals surface area contributed by atoms with E-state index in [0.29, 0.717) is 0 Å². The predicted octanol–water partition coefficient (Wildman–Crippen LogP) is 2.21. The lowest BCUT2D eigenvalue weighted by molar-refractivity contribution is 0.107. The van der Waals surface area contributed by atoms with E-state index < -0.39 is 11.4 Å². The van der Waals surface area contributed by atoms with Gasteiger partial charge in [-0.25, -0.2) is 4.79 Å². The molecule has 0 aliphatic carbocycles. The largest absolute Gasteiger partial charge is 0.513 e. The maximum atomic E-state index is 10.9. The summed E-state index contributed by atoms with van der Waals surface area (Å²) in [4.78, 5) is 21.6. The average Bonchev–Trinajstić information content (AvgIpc) is 2.18. The third-order valence-corrected chi connectivity index (χ3v) is 1.66. The molecular formula is C9H7ClO4. The summed E-state index contributed by atoms with van der Waals surface area (Å²) in [7, 11) is 1.17. The van der Waals surface area contributed by atoms with Gasteiger partial charge in [0.1, 0.15) is 5.75 Å². The van der Waals surface area contributed by atoms with Gasteiger partial charge >= 0.3 is 6.16 Å².